The van der Waals surface area contributed by atoms with Crippen LogP contribution in [0.3, 0.4) is 0 Å². The van der Waals surface area contributed by atoms with Gasteiger partial charge in [-0.05, 0) is 36.4 Å². The molecule has 0 amide bonds. The smallest absolute Gasteiger partial charge is 0.178 e. The summed E-state index contributed by atoms with van der Waals surface area (Å²) in [7, 11) is 3.21. The summed E-state index contributed by atoms with van der Waals surface area (Å²) in [5, 5.41) is 0. The van der Waals surface area contributed by atoms with E-state index in [-0.39, 0.29) is 5.78 Å². The van der Waals surface area contributed by atoms with Crippen molar-refractivity contribution < 1.29 is 14.3 Å². The predicted molar refractivity (Wildman–Crippen MR) is 89.1 cm³/mol. The van der Waals surface area contributed by atoms with Crippen LogP contribution in [0.5, 0.6) is 11.5 Å². The number of rotatable bonds is 6. The van der Waals surface area contributed by atoms with Crippen LogP contribution in [0.25, 0.3) is 12.2 Å². The minimum absolute atomic E-state index is 0.100. The van der Waals surface area contributed by atoms with Crippen molar-refractivity contribution in [3.8, 4) is 11.5 Å². The first-order valence-corrected chi connectivity index (χ1v) is 6.90. The number of ketones is 1. The number of para-hydroxylation sites is 2. The maximum Gasteiger partial charge on any atom is 0.178 e. The van der Waals surface area contributed by atoms with Crippen LogP contribution in [0.2, 0.25) is 0 Å². The van der Waals surface area contributed by atoms with E-state index in [1.165, 1.54) is 12.2 Å². The highest BCUT2D eigenvalue weighted by Crippen LogP contribution is 2.20. The maximum absolute atomic E-state index is 11.9. The number of carbonyl (C=O) groups excluding carboxylic acids is 1. The second kappa shape index (κ2) is 7.84. The van der Waals surface area contributed by atoms with Gasteiger partial charge in [0.05, 0.1) is 14.2 Å². The van der Waals surface area contributed by atoms with Gasteiger partial charge in [0.2, 0.25) is 0 Å². The Morgan fingerprint density at radius 3 is 1.59 bits per heavy atom. The van der Waals surface area contributed by atoms with Gasteiger partial charge in [0, 0.05) is 11.1 Å². The molecule has 2 rings (SSSR count). The van der Waals surface area contributed by atoms with E-state index < -0.39 is 0 Å². The van der Waals surface area contributed by atoms with Gasteiger partial charge < -0.3 is 9.47 Å². The molecule has 0 spiro atoms. The third-order valence-corrected chi connectivity index (χ3v) is 3.13. The highest BCUT2D eigenvalue weighted by molar-refractivity contribution is 6.04. The minimum atomic E-state index is -0.100. The third kappa shape index (κ3) is 4.09. The van der Waals surface area contributed by atoms with Crippen molar-refractivity contribution in [1.82, 2.24) is 0 Å². The van der Waals surface area contributed by atoms with Gasteiger partial charge in [0.25, 0.3) is 0 Å². The van der Waals surface area contributed by atoms with Gasteiger partial charge in [-0.15, -0.1) is 0 Å². The zero-order chi connectivity index (χ0) is 15.8. The van der Waals surface area contributed by atoms with Crippen molar-refractivity contribution in [3.05, 3.63) is 71.8 Å². The van der Waals surface area contributed by atoms with Crippen LogP contribution in [-0.2, 0) is 4.79 Å². The van der Waals surface area contributed by atoms with Crippen LogP contribution in [0, 0.1) is 0 Å². The summed E-state index contributed by atoms with van der Waals surface area (Å²) in [6, 6.07) is 15.1. The van der Waals surface area contributed by atoms with Crippen molar-refractivity contribution in [3.63, 3.8) is 0 Å². The molecule has 0 aliphatic heterocycles. The third-order valence-electron chi connectivity index (χ3n) is 3.13. The summed E-state index contributed by atoms with van der Waals surface area (Å²) in [6.07, 6.45) is 6.52. The van der Waals surface area contributed by atoms with Crippen LogP contribution in [0.4, 0.5) is 0 Å². The molecule has 3 heteroatoms. The number of carbonyl (C=O) groups is 1. The molecule has 2 aromatic rings. The largest absolute Gasteiger partial charge is 0.496 e. The molecule has 0 aliphatic rings. The van der Waals surface area contributed by atoms with Crippen LogP contribution in [-0.4, -0.2) is 20.0 Å². The van der Waals surface area contributed by atoms with E-state index >= 15 is 0 Å². The van der Waals surface area contributed by atoms with Crippen LogP contribution in [0.1, 0.15) is 11.1 Å². The highest BCUT2D eigenvalue weighted by atomic mass is 16.5. The number of methoxy groups -OCH3 is 2. The summed E-state index contributed by atoms with van der Waals surface area (Å²) in [4.78, 5) is 11.9. The number of hydrogen-bond donors (Lipinski definition) is 0. The molecule has 0 aromatic heterocycles. The number of hydrogen-bond acceptors (Lipinski definition) is 3. The van der Waals surface area contributed by atoms with Crippen molar-refractivity contribution in [2.75, 3.05) is 14.2 Å². The molecule has 0 fully saturated rings. The fraction of sp³-hybridized carbons (Fsp3) is 0.105. The molecule has 3 nitrogen and oxygen atoms in total. The molecule has 0 N–H and O–H groups in total. The van der Waals surface area contributed by atoms with E-state index in [0.717, 1.165) is 22.6 Å². The molecule has 0 unspecified atom stereocenters. The molecule has 0 atom stereocenters. The topological polar surface area (TPSA) is 35.5 Å². The molecular formula is C19H18O3. The van der Waals surface area contributed by atoms with Crippen LogP contribution in [0.15, 0.2) is 60.7 Å². The second-order valence-corrected chi connectivity index (χ2v) is 4.55. The number of benzene rings is 2. The Kier molecular flexibility index (Phi) is 5.55. The molecule has 22 heavy (non-hydrogen) atoms. The summed E-state index contributed by atoms with van der Waals surface area (Å²) < 4.78 is 10.5. The summed E-state index contributed by atoms with van der Waals surface area (Å²) in [5.41, 5.74) is 1.73. The summed E-state index contributed by atoms with van der Waals surface area (Å²) in [5.74, 6) is 1.37. The molecule has 0 aliphatic carbocycles. The Hall–Kier alpha value is -2.81. The van der Waals surface area contributed by atoms with Crippen molar-refractivity contribution >= 4 is 17.9 Å². The molecular weight excluding hydrogens is 276 g/mol. The Morgan fingerprint density at radius 2 is 1.18 bits per heavy atom. The SMILES string of the molecule is COc1ccccc1/C=C\C(=O)/C=C\c1ccccc1OC. The van der Waals surface area contributed by atoms with Crippen LogP contribution < -0.4 is 9.47 Å². The molecule has 0 bridgehead atoms. The van der Waals surface area contributed by atoms with E-state index in [1.807, 2.05) is 48.5 Å². The molecule has 112 valence electrons. The molecule has 0 radical (unpaired) electrons. The van der Waals surface area contributed by atoms with Gasteiger partial charge in [0.15, 0.2) is 5.78 Å². The first-order valence-electron chi connectivity index (χ1n) is 6.90. The fourth-order valence-corrected chi connectivity index (χ4v) is 2.01. The van der Waals surface area contributed by atoms with E-state index in [4.69, 9.17) is 9.47 Å². The van der Waals surface area contributed by atoms with Crippen molar-refractivity contribution in [2.45, 2.75) is 0 Å². The Labute approximate surface area is 130 Å². The number of allylic oxidation sites excluding steroid dienone is 2. The number of ether oxygens (including phenoxy) is 2. The fourth-order valence-electron chi connectivity index (χ4n) is 2.01. The molecule has 2 aromatic carbocycles. The zero-order valence-electron chi connectivity index (χ0n) is 12.7. The Morgan fingerprint density at radius 1 is 0.773 bits per heavy atom. The standard InChI is InChI=1S/C19H18O3/c1-21-18-9-5-3-7-15(18)11-13-17(20)14-12-16-8-4-6-10-19(16)22-2/h3-14H,1-2H3/b13-11-,14-12-. The minimum Gasteiger partial charge on any atom is -0.496 e. The molecule has 0 heterocycles. The maximum atomic E-state index is 11.9. The second-order valence-electron chi connectivity index (χ2n) is 4.55. The first-order chi connectivity index (χ1) is 10.7. The van der Waals surface area contributed by atoms with Crippen molar-refractivity contribution in [2.24, 2.45) is 0 Å². The van der Waals surface area contributed by atoms with E-state index in [9.17, 15) is 4.79 Å². The van der Waals surface area contributed by atoms with Gasteiger partial charge >= 0.3 is 0 Å². The average molecular weight is 294 g/mol. The monoisotopic (exact) mass is 294 g/mol. The lowest BCUT2D eigenvalue weighted by Gasteiger charge is -2.03. The van der Waals surface area contributed by atoms with E-state index in [0.29, 0.717) is 0 Å². The van der Waals surface area contributed by atoms with Gasteiger partial charge in [-0.25, -0.2) is 0 Å². The average Bonchev–Trinajstić information content (AvgIpc) is 2.58. The highest BCUT2D eigenvalue weighted by Gasteiger charge is 1.99. The van der Waals surface area contributed by atoms with Crippen molar-refractivity contribution in [1.29, 1.82) is 0 Å². The first kappa shape index (κ1) is 15.6. The van der Waals surface area contributed by atoms with Gasteiger partial charge in [0.1, 0.15) is 11.5 Å². The summed E-state index contributed by atoms with van der Waals surface area (Å²) >= 11 is 0. The van der Waals surface area contributed by atoms with Crippen LogP contribution >= 0.6 is 0 Å². The van der Waals surface area contributed by atoms with Gasteiger partial charge in [-0.2, -0.15) is 0 Å². The van der Waals surface area contributed by atoms with E-state index in [1.54, 1.807) is 26.4 Å². The lowest BCUT2D eigenvalue weighted by Crippen LogP contribution is -1.89. The molecule has 0 saturated carbocycles. The lowest BCUT2D eigenvalue weighted by atomic mass is 10.1. The Balaban J connectivity index is 2.09. The summed E-state index contributed by atoms with van der Waals surface area (Å²) in [6.45, 7) is 0. The predicted octanol–water partition coefficient (Wildman–Crippen LogP) is 4.00. The molecule has 0 saturated heterocycles. The normalized spacial score (nSPS) is 11.0. The van der Waals surface area contributed by atoms with Gasteiger partial charge in [-0.1, -0.05) is 36.4 Å². The van der Waals surface area contributed by atoms with Gasteiger partial charge in [-0.3, -0.25) is 4.79 Å². The zero-order valence-corrected chi connectivity index (χ0v) is 12.7. The lowest BCUT2D eigenvalue weighted by molar-refractivity contribution is -0.110. The Bertz CT molecular complexity index is 640. The van der Waals surface area contributed by atoms with E-state index in [2.05, 4.69) is 0 Å². The quantitative estimate of drug-likeness (QED) is 0.755.